The Bertz CT molecular complexity index is 2080. The van der Waals surface area contributed by atoms with Crippen molar-refractivity contribution in [2.45, 2.75) is 88.3 Å². The number of aromatic nitrogens is 5. The molecule has 53 heavy (non-hydrogen) atoms. The van der Waals surface area contributed by atoms with E-state index in [2.05, 4.69) is 19.8 Å². The number of halogens is 2. The van der Waals surface area contributed by atoms with E-state index in [1.807, 2.05) is 11.0 Å². The largest absolute Gasteiger partial charge is 0.480 e. The van der Waals surface area contributed by atoms with E-state index in [4.69, 9.17) is 40.8 Å². The fourth-order valence-electron chi connectivity index (χ4n) is 10.4. The number of anilines is 1. The molecule has 3 aromatic heterocycles. The first-order valence-electron chi connectivity index (χ1n) is 19.3. The number of piperidine rings is 1. The number of aliphatic hydroxyl groups is 3. The molecular formula is C39H48ClFN7O5+. The van der Waals surface area contributed by atoms with Gasteiger partial charge in [0.05, 0.1) is 45.2 Å². The molecule has 14 heteroatoms. The number of methoxy groups -OCH3 is 1. The normalized spacial score (nSPS) is 28.9. The summed E-state index contributed by atoms with van der Waals surface area (Å²) in [6.45, 7) is 6.53. The zero-order valence-electron chi connectivity index (χ0n) is 30.5. The topological polar surface area (TPSA) is 135 Å². The van der Waals surface area contributed by atoms with E-state index in [-0.39, 0.29) is 47.6 Å². The molecule has 3 saturated carbocycles. The first kappa shape index (κ1) is 34.2. The number of pyridine rings is 1. The summed E-state index contributed by atoms with van der Waals surface area (Å²) in [5.74, 6) is 0.155. The number of nitrogens with zero attached hydrogens (tertiary/aromatic N) is 6. The van der Waals surface area contributed by atoms with Crippen LogP contribution < -0.4 is 14.4 Å². The Hall–Kier alpha value is -3.36. The van der Waals surface area contributed by atoms with Gasteiger partial charge in [0, 0.05) is 40.0 Å². The van der Waals surface area contributed by atoms with Crippen molar-refractivity contribution in [1.29, 1.82) is 0 Å². The van der Waals surface area contributed by atoms with Crippen molar-refractivity contribution in [3.63, 3.8) is 0 Å². The molecule has 10 rings (SSSR count). The molecule has 282 valence electrons. The monoisotopic (exact) mass is 748 g/mol. The molecule has 1 aromatic carbocycles. The van der Waals surface area contributed by atoms with Crippen LogP contribution in [0, 0.1) is 16.6 Å². The summed E-state index contributed by atoms with van der Waals surface area (Å²) < 4.78 is 40.5. The van der Waals surface area contributed by atoms with E-state index < -0.39 is 11.4 Å². The maximum atomic E-state index is 17.5. The molecule has 3 aliphatic heterocycles. The summed E-state index contributed by atoms with van der Waals surface area (Å²) in [7, 11) is 1.52. The molecule has 0 amide bonds. The number of ether oxygens (including phenoxy) is 4. The molecule has 3 atom stereocenters. The fourth-order valence-corrected chi connectivity index (χ4v) is 10.8. The molecule has 0 radical (unpaired) electrons. The highest BCUT2D eigenvalue weighted by molar-refractivity contribution is 6.33. The van der Waals surface area contributed by atoms with Crippen LogP contribution in [0.4, 0.5) is 10.2 Å². The minimum absolute atomic E-state index is 0.0178. The Balaban J connectivity index is 1.08. The van der Waals surface area contributed by atoms with Crippen molar-refractivity contribution in [3.8, 4) is 23.1 Å². The van der Waals surface area contributed by atoms with Crippen molar-refractivity contribution >= 4 is 39.2 Å². The number of likely N-dealkylation sites (tertiary alicyclic amines) is 1. The predicted molar refractivity (Wildman–Crippen MR) is 198 cm³/mol. The highest BCUT2D eigenvalue weighted by Crippen LogP contribution is 2.55. The zero-order valence-corrected chi connectivity index (χ0v) is 31.2. The summed E-state index contributed by atoms with van der Waals surface area (Å²) in [4.78, 5) is 19.4. The molecule has 4 aromatic rings. The smallest absolute Gasteiger partial charge is 0.319 e. The lowest BCUT2D eigenvalue weighted by molar-refractivity contribution is -0.279. The zero-order chi connectivity index (χ0) is 36.1. The maximum Gasteiger partial charge on any atom is 0.319 e. The fraction of sp³-hybridized carbons (Fsp3) is 0.641. The third-order valence-corrected chi connectivity index (χ3v) is 13.5. The number of β-amino-alcohol motifs (C(OH)–C–C–N with tert-alkyl or cyclic N) is 1. The third-order valence-electron chi connectivity index (χ3n) is 13.2. The molecular weight excluding hydrogens is 701 g/mol. The first-order chi connectivity index (χ1) is 25.7. The summed E-state index contributed by atoms with van der Waals surface area (Å²) in [5.41, 5.74) is 1.57. The lowest BCUT2D eigenvalue weighted by atomic mass is 9.62. The number of fused-ring (bicyclic) bond motifs is 3. The molecule has 6 fully saturated rings. The third kappa shape index (κ3) is 5.67. The van der Waals surface area contributed by atoms with Gasteiger partial charge in [-0.25, -0.2) is 9.37 Å². The Morgan fingerprint density at radius 3 is 2.74 bits per heavy atom. The quantitative estimate of drug-likeness (QED) is 0.221. The van der Waals surface area contributed by atoms with Gasteiger partial charge in [-0.1, -0.05) is 18.0 Å². The van der Waals surface area contributed by atoms with E-state index in [0.29, 0.717) is 64.6 Å². The lowest BCUT2D eigenvalue weighted by Crippen LogP contribution is -2.65. The van der Waals surface area contributed by atoms with Gasteiger partial charge in [-0.2, -0.15) is 15.1 Å². The van der Waals surface area contributed by atoms with E-state index in [1.54, 1.807) is 13.1 Å². The van der Waals surface area contributed by atoms with E-state index in [1.165, 1.54) is 20.0 Å². The van der Waals surface area contributed by atoms with Crippen LogP contribution in [0.15, 0.2) is 12.3 Å². The number of rotatable bonds is 8. The summed E-state index contributed by atoms with van der Waals surface area (Å²) in [6, 6.07) is 3.02. The van der Waals surface area contributed by atoms with Crippen molar-refractivity contribution in [1.82, 2.24) is 30.0 Å². The van der Waals surface area contributed by atoms with Gasteiger partial charge in [-0.05, 0) is 82.4 Å². The second-order valence-electron chi connectivity index (χ2n) is 17.1. The van der Waals surface area contributed by atoms with Crippen molar-refractivity contribution in [2.24, 2.45) is 10.8 Å². The van der Waals surface area contributed by atoms with Crippen LogP contribution >= 0.6 is 11.6 Å². The van der Waals surface area contributed by atoms with Gasteiger partial charge in [0.15, 0.2) is 19.0 Å². The van der Waals surface area contributed by atoms with E-state index >= 15 is 4.39 Å². The van der Waals surface area contributed by atoms with Crippen LogP contribution in [0.1, 0.15) is 76.2 Å². The minimum atomic E-state index is -1.17. The molecule has 6 heterocycles. The number of aromatic amines is 1. The Morgan fingerprint density at radius 2 is 1.96 bits per heavy atom. The standard InChI is InChI=1S/C39H47ClFN7O5/c1-37(49)17-47(11-12-51-18-37)34-30-33(31(41)32(43-35(30)50-2)29-24-16-42-46-26(24)13-25(40)28(29)22-6-7-22)44-36(45-34)53-21-39-8-3-5-27(39)48(10-4-9-39)23-14-38(15-23)19-52-20-38/h13,16,22-23,27,49H,3-12,14-15,17-21H2,1-2H3,(H,42,46)/p+1/t27-,37+,39?/m1/s1. The van der Waals surface area contributed by atoms with Crippen LogP contribution in [-0.2, 0) is 4.74 Å². The van der Waals surface area contributed by atoms with Crippen molar-refractivity contribution < 1.29 is 28.4 Å². The molecule has 1 spiro atoms. The molecule has 3 aliphatic carbocycles. The first-order valence-corrected chi connectivity index (χ1v) is 19.7. The van der Waals surface area contributed by atoms with Crippen LogP contribution in [0.2, 0.25) is 5.02 Å². The summed E-state index contributed by atoms with van der Waals surface area (Å²) in [6.07, 6.45) is 11.7. The van der Waals surface area contributed by atoms with Crippen LogP contribution in [0.5, 0.6) is 11.9 Å². The number of H-pyrrole nitrogens is 1. The highest BCUT2D eigenvalue weighted by atomic mass is 35.5. The van der Waals surface area contributed by atoms with Gasteiger partial charge < -0.3 is 29.0 Å². The number of hydrogen-bond acceptors (Lipinski definition) is 10. The highest BCUT2D eigenvalue weighted by Gasteiger charge is 2.59. The van der Waals surface area contributed by atoms with Gasteiger partial charge in [0.1, 0.15) is 33.4 Å². The summed E-state index contributed by atoms with van der Waals surface area (Å²) in [5, 5.41) is 20.1. The van der Waals surface area contributed by atoms with Gasteiger partial charge in [-0.3, -0.25) is 10.00 Å². The Kier molecular flexibility index (Phi) is 8.11. The average molecular weight is 749 g/mol. The molecule has 1 unspecified atom stereocenters. The molecule has 0 bridgehead atoms. The molecule has 3 N–H and O–H groups in total. The van der Waals surface area contributed by atoms with Crippen molar-refractivity contribution in [2.75, 3.05) is 64.7 Å². The van der Waals surface area contributed by atoms with Gasteiger partial charge in [0.2, 0.25) is 5.88 Å². The van der Waals surface area contributed by atoms with Gasteiger partial charge >= 0.3 is 6.01 Å². The van der Waals surface area contributed by atoms with Crippen LogP contribution in [-0.4, -0.2) is 117 Å². The van der Waals surface area contributed by atoms with Crippen LogP contribution in [0.25, 0.3) is 33.1 Å². The second kappa shape index (κ2) is 12.6. The molecule has 3 saturated heterocycles. The number of hydrogen-bond donors (Lipinski definition) is 2. The Morgan fingerprint density at radius 1 is 1.13 bits per heavy atom. The Labute approximate surface area is 312 Å². The molecule has 12 nitrogen and oxygen atoms in total. The average Bonchev–Trinajstić information content (AvgIpc) is 3.72. The van der Waals surface area contributed by atoms with E-state index in [0.717, 1.165) is 75.7 Å². The van der Waals surface area contributed by atoms with Crippen LogP contribution in [0.3, 0.4) is 0 Å². The lowest BCUT2D eigenvalue weighted by Gasteiger charge is -2.57. The predicted octanol–water partition coefficient (Wildman–Crippen LogP) is 5.54. The minimum Gasteiger partial charge on any atom is -0.480 e. The van der Waals surface area contributed by atoms with Gasteiger partial charge in [-0.15, -0.1) is 0 Å². The number of nitrogens with one attached hydrogen (secondary N) is 1. The molecule has 6 aliphatic rings. The summed E-state index contributed by atoms with van der Waals surface area (Å²) >= 11 is 6.89. The van der Waals surface area contributed by atoms with Gasteiger partial charge in [0.25, 0.3) is 0 Å². The maximum absolute atomic E-state index is 17.5. The number of benzene rings is 1. The SMILES string of the molecule is COc1nc(-c2c(C3CC3)c(Cl)cc3[nH]ncc23)c(F)c2nc(OCC34CCC[C@H]3N(C3CC5(C[OH+]C5)C3)CCC4)nc(N3CCOC[C@@](C)(O)C3)c12. The van der Waals surface area contributed by atoms with E-state index in [9.17, 15) is 5.11 Å². The van der Waals surface area contributed by atoms with Crippen molar-refractivity contribution in [3.05, 3.63) is 28.7 Å². The second-order valence-corrected chi connectivity index (χ2v) is 17.5.